The number of rotatable bonds is 8. The van der Waals surface area contributed by atoms with Gasteiger partial charge in [-0.15, -0.1) is 10.2 Å². The van der Waals surface area contributed by atoms with Gasteiger partial charge in [0.15, 0.2) is 5.82 Å². The van der Waals surface area contributed by atoms with Crippen molar-refractivity contribution >= 4 is 34.1 Å². The lowest BCUT2D eigenvalue weighted by Crippen LogP contribution is -2.23. The summed E-state index contributed by atoms with van der Waals surface area (Å²) >= 11 is 0. The van der Waals surface area contributed by atoms with Crippen molar-refractivity contribution in [2.75, 3.05) is 31.0 Å². The molecule has 0 atom stereocenters. The van der Waals surface area contributed by atoms with Crippen LogP contribution in [-0.4, -0.2) is 45.6 Å². The number of carbonyl (C=O) groups excluding carboxylic acids is 1. The number of carbonyl (C=O) groups is 1. The van der Waals surface area contributed by atoms with Gasteiger partial charge in [0.1, 0.15) is 6.61 Å². The number of nitrogens with zero attached hydrogens (tertiary/aromatic N) is 4. The third kappa shape index (κ3) is 4.26. The Bertz CT molecular complexity index is 1310. The van der Waals surface area contributed by atoms with Gasteiger partial charge in [0.25, 0.3) is 5.56 Å². The molecule has 2 aromatic carbocycles. The Morgan fingerprint density at radius 3 is 2.69 bits per heavy atom. The van der Waals surface area contributed by atoms with Crippen LogP contribution < -0.4 is 16.2 Å². The summed E-state index contributed by atoms with van der Waals surface area (Å²) in [6.45, 7) is 3.28. The van der Waals surface area contributed by atoms with Crippen molar-refractivity contribution in [2.45, 2.75) is 20.0 Å². The molecule has 2 N–H and O–H groups in total. The molecule has 2 aromatic heterocycles. The maximum absolute atomic E-state index is 12.8. The zero-order chi connectivity index (χ0) is 22.5. The van der Waals surface area contributed by atoms with E-state index in [1.807, 2.05) is 41.7 Å². The van der Waals surface area contributed by atoms with Gasteiger partial charge in [-0.05, 0) is 37.3 Å². The van der Waals surface area contributed by atoms with Crippen LogP contribution in [0.25, 0.3) is 16.7 Å². The molecular weight excluding hydrogens is 412 g/mol. The van der Waals surface area contributed by atoms with Crippen LogP contribution in [-0.2, 0) is 22.6 Å². The Morgan fingerprint density at radius 2 is 1.88 bits per heavy atom. The van der Waals surface area contributed by atoms with E-state index in [1.54, 1.807) is 29.9 Å². The molecule has 0 unspecified atom stereocenters. The van der Waals surface area contributed by atoms with Crippen LogP contribution in [0, 0.1) is 0 Å². The summed E-state index contributed by atoms with van der Waals surface area (Å²) in [7, 11) is 1.54. The molecule has 0 saturated heterocycles. The lowest BCUT2D eigenvalue weighted by Gasteiger charge is -2.11. The molecule has 0 aliphatic rings. The van der Waals surface area contributed by atoms with Gasteiger partial charge >= 0.3 is 6.09 Å². The number of nitrogens with one attached hydrogen (secondary N) is 2. The van der Waals surface area contributed by atoms with Crippen molar-refractivity contribution in [1.82, 2.24) is 19.2 Å². The Labute approximate surface area is 183 Å². The summed E-state index contributed by atoms with van der Waals surface area (Å²) in [5, 5.41) is 15.2. The third-order valence-electron chi connectivity index (χ3n) is 4.97. The fourth-order valence-electron chi connectivity index (χ4n) is 3.47. The smallest absolute Gasteiger partial charge is 0.411 e. The fraction of sp³-hybridized carbons (Fsp3) is 0.273. The molecule has 2 heterocycles. The monoisotopic (exact) mass is 436 g/mol. The summed E-state index contributed by atoms with van der Waals surface area (Å²) in [6.07, 6.45) is -0.549. The number of methoxy groups -OCH3 is 1. The van der Waals surface area contributed by atoms with Gasteiger partial charge in [0.2, 0.25) is 5.78 Å². The minimum atomic E-state index is -0.549. The normalized spacial score (nSPS) is 11.1. The van der Waals surface area contributed by atoms with Crippen LogP contribution in [0.15, 0.2) is 53.3 Å². The van der Waals surface area contributed by atoms with Crippen molar-refractivity contribution < 1.29 is 14.3 Å². The fourth-order valence-corrected chi connectivity index (χ4v) is 3.47. The number of anilines is 2. The summed E-state index contributed by atoms with van der Waals surface area (Å²) in [5.41, 5.74) is 2.05. The molecule has 10 nitrogen and oxygen atoms in total. The van der Waals surface area contributed by atoms with E-state index in [0.29, 0.717) is 42.4 Å². The summed E-state index contributed by atoms with van der Waals surface area (Å²) in [5.74, 6) is 1.16. The topological polar surface area (TPSA) is 112 Å². The highest BCUT2D eigenvalue weighted by Gasteiger charge is 2.15. The molecule has 0 aliphatic heterocycles. The van der Waals surface area contributed by atoms with Gasteiger partial charge < -0.3 is 14.8 Å². The Hall–Kier alpha value is -3.92. The molecule has 0 aliphatic carbocycles. The standard InChI is InChI=1S/C22H24N6O4/c1-3-27-20(29)17-9-4-5-10-18(17)28-19(25-26-21(27)28)14-23-15-7-6-8-16(13-15)24-22(30)32-12-11-31-2/h4-10,13,23H,3,11-12,14H2,1-2H3,(H,24,30). The number of ether oxygens (including phenoxy) is 2. The molecule has 4 rings (SSSR count). The first-order chi connectivity index (χ1) is 15.6. The van der Waals surface area contributed by atoms with Gasteiger partial charge in [-0.25, -0.2) is 4.79 Å². The highest BCUT2D eigenvalue weighted by atomic mass is 16.6. The molecule has 32 heavy (non-hydrogen) atoms. The van der Waals surface area contributed by atoms with E-state index in [9.17, 15) is 9.59 Å². The molecule has 0 spiro atoms. The average Bonchev–Trinajstić information content (AvgIpc) is 3.22. The van der Waals surface area contributed by atoms with Gasteiger partial charge in [-0.3, -0.25) is 19.1 Å². The van der Waals surface area contributed by atoms with Crippen molar-refractivity contribution in [2.24, 2.45) is 0 Å². The largest absolute Gasteiger partial charge is 0.447 e. The van der Waals surface area contributed by atoms with E-state index < -0.39 is 6.09 Å². The second-order valence-corrected chi connectivity index (χ2v) is 7.01. The second kappa shape index (κ2) is 9.48. The third-order valence-corrected chi connectivity index (χ3v) is 4.97. The van der Waals surface area contributed by atoms with Crippen LogP contribution in [0.4, 0.5) is 16.2 Å². The Morgan fingerprint density at radius 1 is 1.06 bits per heavy atom. The number of hydrogen-bond donors (Lipinski definition) is 2. The average molecular weight is 436 g/mol. The SMILES string of the molecule is CCn1c(=O)c2ccccc2n2c(CNc3cccc(NC(=O)OCCOC)c3)nnc12. The van der Waals surface area contributed by atoms with Crippen molar-refractivity contribution in [1.29, 1.82) is 0 Å². The van der Waals surface area contributed by atoms with Crippen LogP contribution >= 0.6 is 0 Å². The zero-order valence-corrected chi connectivity index (χ0v) is 17.9. The number of para-hydroxylation sites is 1. The van der Waals surface area contributed by atoms with Crippen molar-refractivity contribution in [3.05, 3.63) is 64.7 Å². The number of benzene rings is 2. The predicted molar refractivity (Wildman–Crippen MR) is 121 cm³/mol. The van der Waals surface area contributed by atoms with E-state index in [-0.39, 0.29) is 12.2 Å². The molecule has 0 bridgehead atoms. The molecule has 0 fully saturated rings. The highest BCUT2D eigenvalue weighted by molar-refractivity contribution is 5.85. The first-order valence-corrected chi connectivity index (χ1v) is 10.2. The van der Waals surface area contributed by atoms with E-state index in [2.05, 4.69) is 20.8 Å². The van der Waals surface area contributed by atoms with Crippen LogP contribution in [0.2, 0.25) is 0 Å². The minimum Gasteiger partial charge on any atom is -0.447 e. The van der Waals surface area contributed by atoms with Crippen LogP contribution in [0.5, 0.6) is 0 Å². The molecule has 0 saturated carbocycles. The zero-order valence-electron chi connectivity index (χ0n) is 17.9. The van der Waals surface area contributed by atoms with Crippen LogP contribution in [0.1, 0.15) is 12.7 Å². The quantitative estimate of drug-likeness (QED) is 0.409. The van der Waals surface area contributed by atoms with Gasteiger partial charge in [-0.2, -0.15) is 0 Å². The van der Waals surface area contributed by atoms with Crippen molar-refractivity contribution in [3.63, 3.8) is 0 Å². The van der Waals surface area contributed by atoms with E-state index in [4.69, 9.17) is 9.47 Å². The molecule has 0 radical (unpaired) electrons. The second-order valence-electron chi connectivity index (χ2n) is 7.01. The van der Waals surface area contributed by atoms with E-state index in [0.717, 1.165) is 11.2 Å². The lowest BCUT2D eigenvalue weighted by atomic mass is 10.2. The Kier molecular flexibility index (Phi) is 6.31. The van der Waals surface area contributed by atoms with Gasteiger partial charge in [-0.1, -0.05) is 18.2 Å². The summed E-state index contributed by atoms with van der Waals surface area (Å²) in [4.78, 5) is 24.6. The predicted octanol–water partition coefficient (Wildman–Crippen LogP) is 2.87. The Balaban J connectivity index is 1.56. The number of aryl methyl sites for hydroxylation is 1. The van der Waals surface area contributed by atoms with E-state index in [1.165, 1.54) is 0 Å². The number of hydrogen-bond acceptors (Lipinski definition) is 7. The lowest BCUT2D eigenvalue weighted by molar-refractivity contribution is 0.107. The van der Waals surface area contributed by atoms with Gasteiger partial charge in [0.05, 0.1) is 24.1 Å². The van der Waals surface area contributed by atoms with Crippen molar-refractivity contribution in [3.8, 4) is 0 Å². The molecule has 166 valence electrons. The molecule has 4 aromatic rings. The molecular formula is C22H24N6O4. The number of amides is 1. The van der Waals surface area contributed by atoms with Gasteiger partial charge in [0, 0.05) is 25.0 Å². The number of fused-ring (bicyclic) bond motifs is 3. The highest BCUT2D eigenvalue weighted by Crippen LogP contribution is 2.18. The summed E-state index contributed by atoms with van der Waals surface area (Å²) in [6, 6.07) is 14.7. The van der Waals surface area contributed by atoms with E-state index >= 15 is 0 Å². The minimum absolute atomic E-state index is 0.0846. The molecule has 1 amide bonds. The summed E-state index contributed by atoms with van der Waals surface area (Å²) < 4.78 is 13.4. The number of aromatic nitrogens is 4. The molecule has 10 heteroatoms. The maximum atomic E-state index is 12.8. The van der Waals surface area contributed by atoms with Crippen LogP contribution in [0.3, 0.4) is 0 Å². The first kappa shape index (κ1) is 21.3. The first-order valence-electron chi connectivity index (χ1n) is 10.2. The maximum Gasteiger partial charge on any atom is 0.411 e.